The molecule has 0 radical (unpaired) electrons. The second kappa shape index (κ2) is 8.38. The molecule has 8 heteroatoms. The number of pyridine rings is 1. The topological polar surface area (TPSA) is 81.9 Å². The summed E-state index contributed by atoms with van der Waals surface area (Å²) in [5, 5.41) is 3.34. The van der Waals surface area contributed by atoms with Crippen LogP contribution in [0.15, 0.2) is 60.9 Å². The van der Waals surface area contributed by atoms with Crippen LogP contribution in [0.4, 0.5) is 5.00 Å². The molecule has 7 nitrogen and oxygen atoms in total. The minimum absolute atomic E-state index is 0.290. The second-order valence-electron chi connectivity index (χ2n) is 6.58. The normalized spacial score (nSPS) is 10.7. The van der Waals surface area contributed by atoms with Crippen molar-refractivity contribution in [3.05, 3.63) is 82.6 Å². The van der Waals surface area contributed by atoms with Gasteiger partial charge in [0.1, 0.15) is 22.9 Å². The van der Waals surface area contributed by atoms with Crippen molar-refractivity contribution in [3.8, 4) is 5.75 Å². The zero-order valence-corrected chi connectivity index (χ0v) is 17.2. The molecule has 0 fully saturated rings. The van der Waals surface area contributed by atoms with Gasteiger partial charge in [-0.25, -0.2) is 9.78 Å². The molecule has 1 N–H and O–H groups in total. The van der Waals surface area contributed by atoms with Crippen molar-refractivity contribution in [1.29, 1.82) is 0 Å². The molecule has 0 bridgehead atoms. The molecule has 1 aromatic carbocycles. The summed E-state index contributed by atoms with van der Waals surface area (Å²) in [6, 6.07) is 14.2. The predicted molar refractivity (Wildman–Crippen MR) is 114 cm³/mol. The summed E-state index contributed by atoms with van der Waals surface area (Å²) in [6.45, 7) is 2.30. The Labute approximate surface area is 176 Å². The zero-order valence-electron chi connectivity index (χ0n) is 16.4. The lowest BCUT2D eigenvalue weighted by Gasteiger charge is -2.07. The van der Waals surface area contributed by atoms with Crippen LogP contribution in [0.1, 0.15) is 31.3 Å². The molecule has 0 atom stereocenters. The van der Waals surface area contributed by atoms with E-state index in [1.54, 1.807) is 36.4 Å². The number of anilines is 1. The molecule has 0 saturated carbocycles. The van der Waals surface area contributed by atoms with E-state index < -0.39 is 5.97 Å². The smallest absolute Gasteiger partial charge is 0.348 e. The van der Waals surface area contributed by atoms with Crippen molar-refractivity contribution >= 4 is 33.9 Å². The molecule has 0 aliphatic heterocycles. The van der Waals surface area contributed by atoms with Gasteiger partial charge in [-0.15, -0.1) is 11.3 Å². The molecule has 3 heterocycles. The predicted octanol–water partition coefficient (Wildman–Crippen LogP) is 4.32. The van der Waals surface area contributed by atoms with E-state index >= 15 is 0 Å². The van der Waals surface area contributed by atoms with Crippen molar-refractivity contribution in [2.45, 2.75) is 13.5 Å². The van der Waals surface area contributed by atoms with E-state index in [1.807, 2.05) is 35.9 Å². The number of methoxy groups -OCH3 is 1. The monoisotopic (exact) mass is 421 g/mol. The fourth-order valence-electron chi connectivity index (χ4n) is 2.96. The van der Waals surface area contributed by atoms with Crippen LogP contribution in [-0.2, 0) is 11.3 Å². The lowest BCUT2D eigenvalue weighted by molar-refractivity contribution is 0.0606. The minimum atomic E-state index is -0.432. The number of fused-ring (bicyclic) bond motifs is 1. The molecule has 1 amide bonds. The number of carbonyl (C=O) groups excluding carboxylic acids is 2. The number of aryl methyl sites for hydroxylation is 1. The Kier molecular flexibility index (Phi) is 5.49. The maximum Gasteiger partial charge on any atom is 0.348 e. The first-order valence-electron chi connectivity index (χ1n) is 9.19. The summed E-state index contributed by atoms with van der Waals surface area (Å²) in [6.07, 6.45) is 3.87. The number of rotatable bonds is 6. The number of thiophene rings is 1. The first-order chi connectivity index (χ1) is 14.5. The molecule has 0 aliphatic rings. The van der Waals surface area contributed by atoms with Gasteiger partial charge in [-0.3, -0.25) is 4.79 Å². The van der Waals surface area contributed by atoms with Gasteiger partial charge in [0.25, 0.3) is 5.91 Å². The Morgan fingerprint density at radius 2 is 2.03 bits per heavy atom. The van der Waals surface area contributed by atoms with Crippen LogP contribution in [-0.4, -0.2) is 28.4 Å². The minimum Gasteiger partial charge on any atom is -0.487 e. The number of hydrogen-bond acceptors (Lipinski definition) is 6. The van der Waals surface area contributed by atoms with Crippen LogP contribution < -0.4 is 10.1 Å². The van der Waals surface area contributed by atoms with Crippen LogP contribution in [0.3, 0.4) is 0 Å². The Morgan fingerprint density at radius 1 is 1.17 bits per heavy atom. The molecule has 0 unspecified atom stereocenters. The average molecular weight is 421 g/mol. The Balaban J connectivity index is 1.42. The standard InChI is InChI=1S/C22H19N3O4S/c1-14-5-4-10-25-12-16(23-20(14)25)13-29-17-7-3-6-15(11-17)21(26)24-19-9-8-18(30-19)22(27)28-2/h3-12H,13H2,1-2H3,(H,24,26). The van der Waals surface area contributed by atoms with Crippen molar-refractivity contribution in [2.24, 2.45) is 0 Å². The Hall–Kier alpha value is -3.65. The molecular weight excluding hydrogens is 402 g/mol. The first-order valence-corrected chi connectivity index (χ1v) is 10.0. The SMILES string of the molecule is COC(=O)c1ccc(NC(=O)c2cccc(OCc3cn4cccc(C)c4n3)c2)s1. The fraction of sp³-hybridized carbons (Fsp3) is 0.136. The van der Waals surface area contributed by atoms with E-state index in [0.717, 1.165) is 28.2 Å². The highest BCUT2D eigenvalue weighted by molar-refractivity contribution is 7.18. The van der Waals surface area contributed by atoms with Crippen molar-refractivity contribution in [2.75, 3.05) is 12.4 Å². The summed E-state index contributed by atoms with van der Waals surface area (Å²) < 4.78 is 12.5. The third-order valence-electron chi connectivity index (χ3n) is 4.44. The number of hydrogen-bond donors (Lipinski definition) is 1. The number of nitrogens with one attached hydrogen (secondary N) is 1. The number of amides is 1. The molecule has 3 aromatic heterocycles. The van der Waals surface area contributed by atoms with Gasteiger partial charge in [0.05, 0.1) is 17.8 Å². The van der Waals surface area contributed by atoms with Gasteiger partial charge in [0.2, 0.25) is 0 Å². The second-order valence-corrected chi connectivity index (χ2v) is 7.66. The highest BCUT2D eigenvalue weighted by Gasteiger charge is 2.13. The third-order valence-corrected chi connectivity index (χ3v) is 5.42. The van der Waals surface area contributed by atoms with Crippen molar-refractivity contribution in [3.63, 3.8) is 0 Å². The number of imidazole rings is 1. The summed E-state index contributed by atoms with van der Waals surface area (Å²) >= 11 is 1.16. The highest BCUT2D eigenvalue weighted by Crippen LogP contribution is 2.24. The quantitative estimate of drug-likeness (QED) is 0.469. The molecule has 0 aliphatic carbocycles. The summed E-state index contributed by atoms with van der Waals surface area (Å²) in [5.74, 6) is -0.155. The van der Waals surface area contributed by atoms with Gasteiger partial charge in [-0.2, -0.15) is 0 Å². The Morgan fingerprint density at radius 3 is 2.83 bits per heavy atom. The van der Waals surface area contributed by atoms with Gasteiger partial charge in [0.15, 0.2) is 0 Å². The largest absolute Gasteiger partial charge is 0.487 e. The van der Waals surface area contributed by atoms with Gasteiger partial charge in [-0.05, 0) is 48.9 Å². The molecule has 0 saturated heterocycles. The lowest BCUT2D eigenvalue weighted by Crippen LogP contribution is -2.11. The zero-order chi connectivity index (χ0) is 21.1. The van der Waals surface area contributed by atoms with Gasteiger partial charge in [-0.1, -0.05) is 12.1 Å². The van der Waals surface area contributed by atoms with Gasteiger partial charge < -0.3 is 19.2 Å². The fourth-order valence-corrected chi connectivity index (χ4v) is 3.78. The van der Waals surface area contributed by atoms with E-state index in [9.17, 15) is 9.59 Å². The average Bonchev–Trinajstić information content (AvgIpc) is 3.39. The van der Waals surface area contributed by atoms with Crippen LogP contribution in [0.2, 0.25) is 0 Å². The summed E-state index contributed by atoms with van der Waals surface area (Å²) in [5.41, 5.74) is 3.23. The van der Waals surface area contributed by atoms with E-state index in [1.165, 1.54) is 7.11 Å². The number of carbonyl (C=O) groups is 2. The van der Waals surface area contributed by atoms with Crippen LogP contribution in [0.25, 0.3) is 5.65 Å². The van der Waals surface area contributed by atoms with Crippen molar-refractivity contribution in [1.82, 2.24) is 9.38 Å². The van der Waals surface area contributed by atoms with E-state index in [2.05, 4.69) is 15.0 Å². The van der Waals surface area contributed by atoms with E-state index in [-0.39, 0.29) is 5.91 Å². The first kappa shape index (κ1) is 19.7. The third kappa shape index (κ3) is 4.18. The number of benzene rings is 1. The maximum absolute atomic E-state index is 12.6. The van der Waals surface area contributed by atoms with E-state index in [0.29, 0.717) is 27.8 Å². The van der Waals surface area contributed by atoms with Crippen LogP contribution in [0, 0.1) is 6.92 Å². The molecule has 30 heavy (non-hydrogen) atoms. The Bertz CT molecular complexity index is 1230. The molecule has 152 valence electrons. The maximum atomic E-state index is 12.6. The highest BCUT2D eigenvalue weighted by atomic mass is 32.1. The lowest BCUT2D eigenvalue weighted by atomic mass is 10.2. The number of ether oxygens (including phenoxy) is 2. The summed E-state index contributed by atoms with van der Waals surface area (Å²) in [7, 11) is 1.32. The summed E-state index contributed by atoms with van der Waals surface area (Å²) in [4.78, 5) is 29.1. The molecular formula is C22H19N3O4S. The van der Waals surface area contributed by atoms with Crippen LogP contribution >= 0.6 is 11.3 Å². The van der Waals surface area contributed by atoms with Crippen molar-refractivity contribution < 1.29 is 19.1 Å². The molecule has 4 rings (SSSR count). The van der Waals surface area contributed by atoms with Crippen LogP contribution in [0.5, 0.6) is 5.75 Å². The number of aromatic nitrogens is 2. The van der Waals surface area contributed by atoms with E-state index in [4.69, 9.17) is 4.74 Å². The molecule has 0 spiro atoms. The number of esters is 1. The molecule has 4 aromatic rings. The number of nitrogens with zero attached hydrogens (tertiary/aromatic N) is 2. The van der Waals surface area contributed by atoms with Gasteiger partial charge >= 0.3 is 5.97 Å². The van der Waals surface area contributed by atoms with Gasteiger partial charge in [0, 0.05) is 18.0 Å².